The summed E-state index contributed by atoms with van der Waals surface area (Å²) >= 11 is 0. The van der Waals surface area contributed by atoms with Crippen molar-refractivity contribution in [1.29, 1.82) is 0 Å². The topological polar surface area (TPSA) is 29.5 Å². The lowest BCUT2D eigenvalue weighted by atomic mass is 10.4. The van der Waals surface area contributed by atoms with Crippen LogP contribution in [0.1, 0.15) is 19.8 Å². The molecule has 0 bridgehead atoms. The molecule has 0 spiro atoms. The molecule has 1 aliphatic heterocycles. The van der Waals surface area contributed by atoms with Crippen molar-refractivity contribution in [2.45, 2.75) is 32.0 Å². The van der Waals surface area contributed by atoms with Crippen LogP contribution in [0.2, 0.25) is 0 Å². The van der Waals surface area contributed by atoms with Gasteiger partial charge in [-0.3, -0.25) is 0 Å². The maximum absolute atomic E-state index is 12.0. The van der Waals surface area contributed by atoms with E-state index in [0.717, 1.165) is 19.8 Å². The van der Waals surface area contributed by atoms with E-state index in [1.165, 1.54) is 4.90 Å². The molecule has 1 aliphatic rings. The first kappa shape index (κ1) is 11.1. The van der Waals surface area contributed by atoms with Gasteiger partial charge in [0.25, 0.3) is 0 Å². The molecule has 1 fully saturated rings. The second-order valence-corrected chi connectivity index (χ2v) is 3.26. The standard InChI is InChI=1S/C8H12F3NO2/c1-6(8(9,10)11)14-7(13)12-4-2-3-5-12/h6H,2-5H2,1H3/t6-/m1/s1. The number of hydrogen-bond donors (Lipinski definition) is 0. The SMILES string of the molecule is C[C@@H](OC(=O)N1CCCC1)C(F)(F)F. The second kappa shape index (κ2) is 4.06. The van der Waals surface area contributed by atoms with Crippen molar-refractivity contribution in [3.63, 3.8) is 0 Å². The number of ether oxygens (including phenoxy) is 1. The van der Waals surface area contributed by atoms with Gasteiger partial charge in [-0.2, -0.15) is 13.2 Å². The van der Waals surface area contributed by atoms with E-state index in [4.69, 9.17) is 0 Å². The minimum Gasteiger partial charge on any atom is -0.437 e. The normalized spacial score (nSPS) is 19.6. The average Bonchev–Trinajstić information content (AvgIpc) is 2.53. The fraction of sp³-hybridized carbons (Fsp3) is 0.875. The third-order valence-corrected chi connectivity index (χ3v) is 2.10. The summed E-state index contributed by atoms with van der Waals surface area (Å²) in [5, 5.41) is 0. The van der Waals surface area contributed by atoms with Gasteiger partial charge in [-0.25, -0.2) is 4.79 Å². The van der Waals surface area contributed by atoms with E-state index in [9.17, 15) is 18.0 Å². The van der Waals surface area contributed by atoms with Gasteiger partial charge in [0.1, 0.15) is 0 Å². The predicted octanol–water partition coefficient (Wildman–Crippen LogP) is 2.17. The summed E-state index contributed by atoms with van der Waals surface area (Å²) in [6.45, 7) is 1.81. The van der Waals surface area contributed by atoms with Gasteiger partial charge in [-0.1, -0.05) is 0 Å². The Morgan fingerprint density at radius 1 is 1.36 bits per heavy atom. The summed E-state index contributed by atoms with van der Waals surface area (Å²) in [7, 11) is 0. The number of nitrogens with zero attached hydrogens (tertiary/aromatic N) is 1. The first-order chi connectivity index (χ1) is 6.41. The molecule has 0 N–H and O–H groups in total. The van der Waals surface area contributed by atoms with Crippen LogP contribution in [0, 0.1) is 0 Å². The molecule has 6 heteroatoms. The van der Waals surface area contributed by atoms with E-state index in [2.05, 4.69) is 4.74 Å². The van der Waals surface area contributed by atoms with Crippen LogP contribution >= 0.6 is 0 Å². The molecule has 1 rings (SSSR count). The lowest BCUT2D eigenvalue weighted by molar-refractivity contribution is -0.199. The Labute approximate surface area is 79.8 Å². The highest BCUT2D eigenvalue weighted by Gasteiger charge is 2.40. The molecule has 0 aromatic rings. The lowest BCUT2D eigenvalue weighted by Gasteiger charge is -2.20. The van der Waals surface area contributed by atoms with Gasteiger partial charge in [0.15, 0.2) is 6.10 Å². The van der Waals surface area contributed by atoms with Crippen molar-refractivity contribution >= 4 is 6.09 Å². The van der Waals surface area contributed by atoms with Crippen LogP contribution in [-0.2, 0) is 4.74 Å². The first-order valence-corrected chi connectivity index (χ1v) is 4.43. The molecule has 1 saturated heterocycles. The van der Waals surface area contributed by atoms with Crippen molar-refractivity contribution in [1.82, 2.24) is 4.90 Å². The number of amides is 1. The molecule has 3 nitrogen and oxygen atoms in total. The molecule has 1 amide bonds. The zero-order valence-electron chi connectivity index (χ0n) is 7.80. The fourth-order valence-electron chi connectivity index (χ4n) is 1.19. The molecule has 0 unspecified atom stereocenters. The number of alkyl halides is 3. The van der Waals surface area contributed by atoms with E-state index in [1.807, 2.05) is 0 Å². The number of halogens is 3. The number of hydrogen-bond acceptors (Lipinski definition) is 2. The monoisotopic (exact) mass is 211 g/mol. The Balaban J connectivity index is 2.40. The Morgan fingerprint density at radius 2 is 1.86 bits per heavy atom. The summed E-state index contributed by atoms with van der Waals surface area (Å²) in [4.78, 5) is 12.4. The highest BCUT2D eigenvalue weighted by atomic mass is 19.4. The Morgan fingerprint density at radius 3 is 2.29 bits per heavy atom. The van der Waals surface area contributed by atoms with Gasteiger partial charge in [-0.15, -0.1) is 0 Å². The van der Waals surface area contributed by atoms with Gasteiger partial charge in [0.2, 0.25) is 0 Å². The molecule has 14 heavy (non-hydrogen) atoms. The van der Waals surface area contributed by atoms with Gasteiger partial charge in [-0.05, 0) is 19.8 Å². The van der Waals surface area contributed by atoms with E-state index in [1.54, 1.807) is 0 Å². The summed E-state index contributed by atoms with van der Waals surface area (Å²) in [6, 6.07) is 0. The minimum absolute atomic E-state index is 0.489. The number of rotatable bonds is 1. The van der Waals surface area contributed by atoms with Gasteiger partial charge in [0, 0.05) is 13.1 Å². The van der Waals surface area contributed by atoms with Gasteiger partial charge in [0.05, 0.1) is 0 Å². The van der Waals surface area contributed by atoms with E-state index in [-0.39, 0.29) is 0 Å². The highest BCUT2D eigenvalue weighted by Crippen LogP contribution is 2.23. The Kier molecular flexibility index (Phi) is 3.23. The Hall–Kier alpha value is -0.940. The predicted molar refractivity (Wildman–Crippen MR) is 42.8 cm³/mol. The van der Waals surface area contributed by atoms with Crippen LogP contribution in [0.25, 0.3) is 0 Å². The zero-order chi connectivity index (χ0) is 10.8. The number of carbonyl (C=O) groups is 1. The molecular weight excluding hydrogens is 199 g/mol. The summed E-state index contributed by atoms with van der Waals surface area (Å²) in [5.74, 6) is 0. The van der Waals surface area contributed by atoms with Crippen molar-refractivity contribution in [2.75, 3.05) is 13.1 Å². The second-order valence-electron chi connectivity index (χ2n) is 3.26. The zero-order valence-corrected chi connectivity index (χ0v) is 7.80. The smallest absolute Gasteiger partial charge is 0.425 e. The van der Waals surface area contributed by atoms with Crippen molar-refractivity contribution in [3.05, 3.63) is 0 Å². The number of carbonyl (C=O) groups excluding carboxylic acids is 1. The molecule has 1 atom stereocenters. The molecule has 0 saturated carbocycles. The van der Waals surface area contributed by atoms with Crippen LogP contribution in [-0.4, -0.2) is 36.4 Å². The first-order valence-electron chi connectivity index (χ1n) is 4.43. The highest BCUT2D eigenvalue weighted by molar-refractivity contribution is 5.68. The molecule has 1 heterocycles. The third-order valence-electron chi connectivity index (χ3n) is 2.10. The van der Waals surface area contributed by atoms with Crippen LogP contribution in [0.4, 0.5) is 18.0 Å². The summed E-state index contributed by atoms with van der Waals surface area (Å²) in [6.07, 6.45) is -5.72. The lowest BCUT2D eigenvalue weighted by Crippen LogP contribution is -2.37. The molecule has 0 aromatic carbocycles. The fourth-order valence-corrected chi connectivity index (χ4v) is 1.19. The van der Waals surface area contributed by atoms with Crippen molar-refractivity contribution < 1.29 is 22.7 Å². The quantitative estimate of drug-likeness (QED) is 0.665. The van der Waals surface area contributed by atoms with Crippen molar-refractivity contribution in [2.24, 2.45) is 0 Å². The van der Waals surface area contributed by atoms with Crippen LogP contribution in [0.15, 0.2) is 0 Å². The van der Waals surface area contributed by atoms with Crippen LogP contribution in [0.3, 0.4) is 0 Å². The largest absolute Gasteiger partial charge is 0.437 e. The summed E-state index contributed by atoms with van der Waals surface area (Å²) < 4.78 is 40.3. The minimum atomic E-state index is -4.48. The summed E-state index contributed by atoms with van der Waals surface area (Å²) in [5.41, 5.74) is 0. The molecule has 0 aromatic heterocycles. The molecule has 0 aliphatic carbocycles. The van der Waals surface area contributed by atoms with Gasteiger partial charge < -0.3 is 9.64 Å². The molecule has 0 radical (unpaired) electrons. The van der Waals surface area contributed by atoms with E-state index in [0.29, 0.717) is 13.1 Å². The maximum Gasteiger partial charge on any atom is 0.425 e. The third kappa shape index (κ3) is 2.78. The Bertz CT molecular complexity index is 211. The maximum atomic E-state index is 12.0. The number of likely N-dealkylation sites (tertiary alicyclic amines) is 1. The van der Waals surface area contributed by atoms with Crippen molar-refractivity contribution in [3.8, 4) is 0 Å². The van der Waals surface area contributed by atoms with E-state index < -0.39 is 18.4 Å². The molecule has 82 valence electrons. The molecular formula is C8H12F3NO2. The van der Waals surface area contributed by atoms with Crippen LogP contribution in [0.5, 0.6) is 0 Å². The van der Waals surface area contributed by atoms with E-state index >= 15 is 0 Å². The van der Waals surface area contributed by atoms with Crippen LogP contribution < -0.4 is 0 Å². The van der Waals surface area contributed by atoms with Gasteiger partial charge >= 0.3 is 12.3 Å². The average molecular weight is 211 g/mol.